The molecular weight excluding hydrogens is 502 g/mol. The van der Waals surface area contributed by atoms with E-state index in [1.165, 1.54) is 11.9 Å². The predicted molar refractivity (Wildman–Crippen MR) is 148 cm³/mol. The summed E-state index contributed by atoms with van der Waals surface area (Å²) in [7, 11) is 0. The van der Waals surface area contributed by atoms with E-state index < -0.39 is 18.4 Å². The van der Waals surface area contributed by atoms with Crippen LogP contribution < -0.4 is 10.6 Å². The fourth-order valence-electron chi connectivity index (χ4n) is 4.72. The van der Waals surface area contributed by atoms with E-state index in [1.807, 2.05) is 35.2 Å². The van der Waals surface area contributed by atoms with E-state index in [9.17, 15) is 18.7 Å². The summed E-state index contributed by atoms with van der Waals surface area (Å²) < 4.78 is 25.9. The third-order valence-electron chi connectivity index (χ3n) is 6.86. The van der Waals surface area contributed by atoms with Gasteiger partial charge < -0.3 is 20.6 Å². The van der Waals surface area contributed by atoms with Crippen LogP contribution in [0, 0.1) is 0 Å². The van der Waals surface area contributed by atoms with Gasteiger partial charge in [-0.05, 0) is 56.7 Å². The largest absolute Gasteiger partial charge is 0.480 e. The highest BCUT2D eigenvalue weighted by Crippen LogP contribution is 2.21. The SMILES string of the molecule is O=C(O)C(CCN(CCCCc1ccc2c(n1)NCCC2)CCC(F)F)Nc1cc(-c2ccccc2)ncn1. The standard InChI is InChI=1S/C29H36F2N6O2/c30-26(31)14-18-37(16-5-4-10-23-12-11-22-9-6-15-32-28(22)35-23)17-13-24(29(38)39)36-27-19-25(33-20-34-27)21-7-2-1-3-8-21/h1-3,7-8,11-12,19-20,24,26H,4-6,9-10,13-18H2,(H,32,35)(H,38,39)(H,33,34,36). The van der Waals surface area contributed by atoms with Crippen LogP contribution in [0.4, 0.5) is 20.4 Å². The lowest BCUT2D eigenvalue weighted by atomic mass is 10.1. The van der Waals surface area contributed by atoms with Crippen molar-refractivity contribution in [3.63, 3.8) is 0 Å². The number of halogens is 2. The number of nitrogens with zero attached hydrogens (tertiary/aromatic N) is 4. The average molecular weight is 539 g/mol. The number of aryl methyl sites for hydroxylation is 2. The van der Waals surface area contributed by atoms with Crippen molar-refractivity contribution < 1.29 is 18.7 Å². The van der Waals surface area contributed by atoms with Gasteiger partial charge in [-0.1, -0.05) is 36.4 Å². The zero-order valence-electron chi connectivity index (χ0n) is 22.0. The van der Waals surface area contributed by atoms with Gasteiger partial charge in [0.25, 0.3) is 0 Å². The lowest BCUT2D eigenvalue weighted by Gasteiger charge is -2.24. The molecule has 39 heavy (non-hydrogen) atoms. The lowest BCUT2D eigenvalue weighted by Crippen LogP contribution is -2.36. The number of carboxylic acids is 1. The number of alkyl halides is 2. The van der Waals surface area contributed by atoms with Crippen molar-refractivity contribution in [2.45, 2.75) is 57.4 Å². The number of benzene rings is 1. The van der Waals surface area contributed by atoms with Gasteiger partial charge >= 0.3 is 5.97 Å². The number of anilines is 2. The van der Waals surface area contributed by atoms with E-state index in [4.69, 9.17) is 4.98 Å². The molecule has 0 spiro atoms. The quantitative estimate of drug-likeness (QED) is 0.229. The third-order valence-corrected chi connectivity index (χ3v) is 6.86. The van der Waals surface area contributed by atoms with Gasteiger partial charge in [-0.15, -0.1) is 0 Å². The zero-order valence-corrected chi connectivity index (χ0v) is 22.0. The minimum atomic E-state index is -2.40. The number of hydrogen-bond donors (Lipinski definition) is 3. The van der Waals surface area contributed by atoms with Crippen LogP contribution in [0.15, 0.2) is 54.9 Å². The minimum absolute atomic E-state index is 0.219. The molecule has 3 N–H and O–H groups in total. The van der Waals surface area contributed by atoms with Crippen LogP contribution in [0.1, 0.15) is 43.4 Å². The highest BCUT2D eigenvalue weighted by atomic mass is 19.3. The number of hydrogen-bond acceptors (Lipinski definition) is 7. The average Bonchev–Trinajstić information content (AvgIpc) is 2.95. The molecule has 0 bridgehead atoms. The van der Waals surface area contributed by atoms with Crippen LogP contribution in [-0.2, 0) is 17.6 Å². The normalized spacial score (nSPS) is 13.6. The molecule has 0 amide bonds. The second-order valence-electron chi connectivity index (χ2n) is 9.80. The van der Waals surface area contributed by atoms with Crippen molar-refractivity contribution in [3.05, 3.63) is 66.1 Å². The Labute approximate surface area is 227 Å². The van der Waals surface area contributed by atoms with Crippen LogP contribution in [0.2, 0.25) is 0 Å². The highest BCUT2D eigenvalue weighted by Gasteiger charge is 2.20. The van der Waals surface area contributed by atoms with Crippen LogP contribution in [0.3, 0.4) is 0 Å². The molecule has 0 fully saturated rings. The van der Waals surface area contributed by atoms with Crippen molar-refractivity contribution in [1.82, 2.24) is 19.9 Å². The molecule has 1 aliphatic rings. The molecule has 0 saturated heterocycles. The molecule has 2 aromatic heterocycles. The Morgan fingerprint density at radius 2 is 1.87 bits per heavy atom. The van der Waals surface area contributed by atoms with Crippen molar-refractivity contribution in [2.24, 2.45) is 0 Å². The molecule has 0 radical (unpaired) electrons. The molecule has 0 aliphatic carbocycles. The molecule has 0 saturated carbocycles. The fourth-order valence-corrected chi connectivity index (χ4v) is 4.72. The molecule has 1 unspecified atom stereocenters. The van der Waals surface area contributed by atoms with Gasteiger partial charge in [-0.25, -0.2) is 28.5 Å². The Balaban J connectivity index is 1.30. The lowest BCUT2D eigenvalue weighted by molar-refractivity contribution is -0.138. The number of pyridine rings is 1. The minimum Gasteiger partial charge on any atom is -0.480 e. The van der Waals surface area contributed by atoms with Crippen LogP contribution in [0.5, 0.6) is 0 Å². The monoisotopic (exact) mass is 538 g/mol. The van der Waals surface area contributed by atoms with E-state index in [0.29, 0.717) is 24.6 Å². The van der Waals surface area contributed by atoms with E-state index in [2.05, 4.69) is 32.7 Å². The Kier molecular flexibility index (Phi) is 10.5. The molecule has 1 aromatic carbocycles. The number of unbranched alkanes of at least 4 members (excludes halogenated alkanes) is 1. The summed E-state index contributed by atoms with van der Waals surface area (Å²) in [4.78, 5) is 27.1. The summed E-state index contributed by atoms with van der Waals surface area (Å²) in [5.41, 5.74) is 3.86. The van der Waals surface area contributed by atoms with Gasteiger partial charge in [-0.3, -0.25) is 0 Å². The van der Waals surface area contributed by atoms with Gasteiger partial charge in [0.15, 0.2) is 0 Å². The Bertz CT molecular complexity index is 1200. The summed E-state index contributed by atoms with van der Waals surface area (Å²) >= 11 is 0. The van der Waals surface area contributed by atoms with E-state index >= 15 is 0 Å². The van der Waals surface area contributed by atoms with Crippen molar-refractivity contribution in [3.8, 4) is 11.3 Å². The van der Waals surface area contributed by atoms with Crippen LogP contribution in [-0.4, -0.2) is 69.6 Å². The first-order chi connectivity index (χ1) is 19.0. The van der Waals surface area contributed by atoms with Gasteiger partial charge in [-0.2, -0.15) is 0 Å². The molecule has 1 aliphatic heterocycles. The molecule has 8 nitrogen and oxygen atoms in total. The summed E-state index contributed by atoms with van der Waals surface area (Å²) in [6, 6.07) is 14.6. The number of fused-ring (bicyclic) bond motifs is 1. The molecule has 4 rings (SSSR count). The van der Waals surface area contributed by atoms with Crippen molar-refractivity contribution >= 4 is 17.6 Å². The highest BCUT2D eigenvalue weighted by molar-refractivity contribution is 5.77. The number of aromatic nitrogens is 3. The maximum Gasteiger partial charge on any atom is 0.326 e. The second kappa shape index (κ2) is 14.5. The first-order valence-corrected chi connectivity index (χ1v) is 13.6. The Hall–Kier alpha value is -3.66. The summed E-state index contributed by atoms with van der Waals surface area (Å²) in [6.07, 6.45) is 3.68. The van der Waals surface area contributed by atoms with Gasteiger partial charge in [0.1, 0.15) is 24.0 Å². The van der Waals surface area contributed by atoms with E-state index in [-0.39, 0.29) is 19.4 Å². The summed E-state index contributed by atoms with van der Waals surface area (Å²) in [5, 5.41) is 16.2. The molecule has 1 atom stereocenters. The third kappa shape index (κ3) is 8.95. The topological polar surface area (TPSA) is 103 Å². The number of aliphatic carboxylic acids is 1. The first-order valence-electron chi connectivity index (χ1n) is 13.6. The summed E-state index contributed by atoms with van der Waals surface area (Å²) in [5.74, 6) is 0.363. The van der Waals surface area contributed by atoms with Crippen molar-refractivity contribution in [1.29, 1.82) is 0 Å². The number of nitrogens with one attached hydrogen (secondary N) is 2. The molecular formula is C29H36F2N6O2. The van der Waals surface area contributed by atoms with Crippen molar-refractivity contribution in [2.75, 3.05) is 36.8 Å². The van der Waals surface area contributed by atoms with Crippen LogP contribution >= 0.6 is 0 Å². The summed E-state index contributed by atoms with van der Waals surface area (Å²) in [6.45, 7) is 2.17. The van der Waals surface area contributed by atoms with Gasteiger partial charge in [0, 0.05) is 43.4 Å². The zero-order chi connectivity index (χ0) is 27.5. The molecule has 208 valence electrons. The Morgan fingerprint density at radius 3 is 2.67 bits per heavy atom. The number of carboxylic acid groups (broad SMARTS) is 1. The fraction of sp³-hybridized carbons (Fsp3) is 0.448. The predicted octanol–water partition coefficient (Wildman–Crippen LogP) is 5.13. The molecule has 3 aromatic rings. The van der Waals surface area contributed by atoms with Gasteiger partial charge in [0.2, 0.25) is 6.43 Å². The maximum atomic E-state index is 13.0. The number of rotatable bonds is 15. The smallest absolute Gasteiger partial charge is 0.326 e. The molecule has 3 heterocycles. The second-order valence-corrected chi connectivity index (χ2v) is 9.80. The maximum absolute atomic E-state index is 13.0. The number of carbonyl (C=O) groups is 1. The Morgan fingerprint density at radius 1 is 1.05 bits per heavy atom. The van der Waals surface area contributed by atoms with Gasteiger partial charge in [0.05, 0.1) is 5.69 Å². The van der Waals surface area contributed by atoms with Crippen LogP contribution in [0.25, 0.3) is 11.3 Å². The van der Waals surface area contributed by atoms with E-state index in [1.54, 1.807) is 6.07 Å². The first kappa shape index (κ1) is 28.4. The molecule has 10 heteroatoms. The van der Waals surface area contributed by atoms with E-state index in [0.717, 1.165) is 55.7 Å².